The first-order valence-electron chi connectivity index (χ1n) is 5.89. The quantitative estimate of drug-likeness (QED) is 0.738. The average Bonchev–Trinajstić information content (AvgIpc) is 2.32. The number of halogens is 1. The number of nitrogens with one attached hydrogen (secondary N) is 2. The van der Waals surface area contributed by atoms with Gasteiger partial charge in [0.2, 0.25) is 5.91 Å². The number of carbonyl (C=O) groups excluding carboxylic acids is 1. The molecule has 0 aliphatic carbocycles. The van der Waals surface area contributed by atoms with E-state index in [1.807, 2.05) is 38.2 Å². The van der Waals surface area contributed by atoms with Gasteiger partial charge in [0, 0.05) is 13.1 Å². The van der Waals surface area contributed by atoms with Gasteiger partial charge in [-0.25, -0.2) is 0 Å². The van der Waals surface area contributed by atoms with E-state index in [9.17, 15) is 4.79 Å². The molecule has 0 heterocycles. The van der Waals surface area contributed by atoms with E-state index in [1.165, 1.54) is 0 Å². The van der Waals surface area contributed by atoms with Crippen LogP contribution in [0.25, 0.3) is 0 Å². The summed E-state index contributed by atoms with van der Waals surface area (Å²) in [5, 5.41) is 5.82. The van der Waals surface area contributed by atoms with Crippen LogP contribution in [0.5, 0.6) is 5.75 Å². The van der Waals surface area contributed by atoms with Crippen molar-refractivity contribution in [1.29, 1.82) is 0 Å². The molecule has 0 unspecified atom stereocenters. The van der Waals surface area contributed by atoms with Crippen molar-refractivity contribution >= 4 is 18.3 Å². The van der Waals surface area contributed by atoms with Gasteiger partial charge in [-0.05, 0) is 31.7 Å². The van der Waals surface area contributed by atoms with Crippen molar-refractivity contribution < 1.29 is 9.53 Å². The van der Waals surface area contributed by atoms with Gasteiger partial charge in [-0.1, -0.05) is 12.1 Å². The molecule has 4 nitrogen and oxygen atoms in total. The summed E-state index contributed by atoms with van der Waals surface area (Å²) in [4.78, 5) is 11.5. The number of benzene rings is 1. The number of amides is 1. The zero-order valence-electron chi connectivity index (χ0n) is 10.9. The first-order chi connectivity index (χ1) is 8.26. The number of rotatable bonds is 7. The number of likely N-dealkylation sites (N-methyl/N-ethyl adjacent to an activating group) is 1. The van der Waals surface area contributed by atoms with Crippen molar-refractivity contribution in [2.45, 2.75) is 13.3 Å². The van der Waals surface area contributed by atoms with Crippen molar-refractivity contribution in [1.82, 2.24) is 10.6 Å². The lowest BCUT2D eigenvalue weighted by atomic mass is 10.1. The molecule has 0 aromatic heterocycles. The highest BCUT2D eigenvalue weighted by molar-refractivity contribution is 5.85. The predicted molar refractivity (Wildman–Crippen MR) is 75.5 cm³/mol. The third-order valence-corrected chi connectivity index (χ3v) is 2.30. The maximum atomic E-state index is 11.5. The zero-order chi connectivity index (χ0) is 12.5. The van der Waals surface area contributed by atoms with Gasteiger partial charge < -0.3 is 15.4 Å². The number of hydrogen-bond donors (Lipinski definition) is 2. The van der Waals surface area contributed by atoms with E-state index >= 15 is 0 Å². The van der Waals surface area contributed by atoms with E-state index in [0.29, 0.717) is 19.6 Å². The second-order valence-electron chi connectivity index (χ2n) is 3.71. The average molecular weight is 273 g/mol. The van der Waals surface area contributed by atoms with Crippen LogP contribution in [0.15, 0.2) is 24.3 Å². The molecule has 1 amide bonds. The van der Waals surface area contributed by atoms with Crippen LogP contribution in [0.4, 0.5) is 0 Å². The molecule has 0 saturated carbocycles. The highest BCUT2D eigenvalue weighted by Crippen LogP contribution is 2.12. The molecule has 0 fully saturated rings. The van der Waals surface area contributed by atoms with E-state index in [-0.39, 0.29) is 18.3 Å². The summed E-state index contributed by atoms with van der Waals surface area (Å²) in [5.41, 5.74) is 0.996. The minimum atomic E-state index is 0. The molecule has 2 N–H and O–H groups in total. The molecule has 0 atom stereocenters. The molecule has 1 rings (SSSR count). The summed E-state index contributed by atoms with van der Waals surface area (Å²) in [6.07, 6.45) is 0.413. The van der Waals surface area contributed by atoms with Crippen LogP contribution in [0.3, 0.4) is 0 Å². The topological polar surface area (TPSA) is 50.4 Å². The summed E-state index contributed by atoms with van der Waals surface area (Å²) in [6, 6.07) is 7.62. The van der Waals surface area contributed by atoms with Crippen LogP contribution in [-0.4, -0.2) is 32.7 Å². The summed E-state index contributed by atoms with van der Waals surface area (Å²) >= 11 is 0. The number of carbonyl (C=O) groups is 1. The van der Waals surface area contributed by atoms with E-state index in [1.54, 1.807) is 0 Å². The molecular formula is C13H21ClN2O2. The fourth-order valence-corrected chi connectivity index (χ4v) is 1.45. The molecule has 102 valence electrons. The molecular weight excluding hydrogens is 252 g/mol. The van der Waals surface area contributed by atoms with E-state index in [4.69, 9.17) is 4.74 Å². The first kappa shape index (κ1) is 16.7. The smallest absolute Gasteiger partial charge is 0.224 e. The molecule has 1 aromatic rings. The Morgan fingerprint density at radius 2 is 1.89 bits per heavy atom. The highest BCUT2D eigenvalue weighted by atomic mass is 35.5. The van der Waals surface area contributed by atoms with E-state index < -0.39 is 0 Å². The first-order valence-corrected chi connectivity index (χ1v) is 5.89. The minimum Gasteiger partial charge on any atom is -0.494 e. The Morgan fingerprint density at radius 3 is 2.44 bits per heavy atom. The van der Waals surface area contributed by atoms with Crippen molar-refractivity contribution in [3.63, 3.8) is 0 Å². The molecule has 5 heteroatoms. The van der Waals surface area contributed by atoms with Crippen LogP contribution in [-0.2, 0) is 11.2 Å². The molecule has 0 saturated heterocycles. The van der Waals surface area contributed by atoms with Crippen molar-refractivity contribution in [2.75, 3.05) is 26.7 Å². The van der Waals surface area contributed by atoms with Crippen molar-refractivity contribution in [3.8, 4) is 5.75 Å². The Bertz CT molecular complexity index is 341. The van der Waals surface area contributed by atoms with Crippen LogP contribution >= 0.6 is 12.4 Å². The van der Waals surface area contributed by atoms with Gasteiger partial charge in [-0.15, -0.1) is 12.4 Å². The molecule has 1 aromatic carbocycles. The highest BCUT2D eigenvalue weighted by Gasteiger charge is 2.02. The van der Waals surface area contributed by atoms with Gasteiger partial charge in [-0.3, -0.25) is 4.79 Å². The third-order valence-electron chi connectivity index (χ3n) is 2.30. The lowest BCUT2D eigenvalue weighted by Gasteiger charge is -2.06. The van der Waals surface area contributed by atoms with Gasteiger partial charge in [-0.2, -0.15) is 0 Å². The lowest BCUT2D eigenvalue weighted by molar-refractivity contribution is -0.120. The zero-order valence-corrected chi connectivity index (χ0v) is 11.7. The van der Waals surface area contributed by atoms with Gasteiger partial charge in [0.1, 0.15) is 5.75 Å². The fourth-order valence-electron chi connectivity index (χ4n) is 1.45. The van der Waals surface area contributed by atoms with Crippen molar-refractivity contribution in [2.24, 2.45) is 0 Å². The molecule has 0 aliphatic rings. The molecule has 0 bridgehead atoms. The van der Waals surface area contributed by atoms with E-state index in [0.717, 1.165) is 17.9 Å². The van der Waals surface area contributed by atoms with Crippen LogP contribution in [0, 0.1) is 0 Å². The van der Waals surface area contributed by atoms with Gasteiger partial charge in [0.15, 0.2) is 0 Å². The summed E-state index contributed by atoms with van der Waals surface area (Å²) < 4.78 is 5.34. The largest absolute Gasteiger partial charge is 0.494 e. The normalized spacial score (nSPS) is 9.44. The summed E-state index contributed by atoms with van der Waals surface area (Å²) in [7, 11) is 1.86. The Balaban J connectivity index is 0.00000289. The third kappa shape index (κ3) is 6.47. The summed E-state index contributed by atoms with van der Waals surface area (Å²) in [5.74, 6) is 0.885. The van der Waals surface area contributed by atoms with Gasteiger partial charge >= 0.3 is 0 Å². The van der Waals surface area contributed by atoms with Gasteiger partial charge in [0.25, 0.3) is 0 Å². The van der Waals surface area contributed by atoms with Gasteiger partial charge in [0.05, 0.1) is 13.0 Å². The Labute approximate surface area is 115 Å². The number of hydrogen-bond acceptors (Lipinski definition) is 3. The molecule has 18 heavy (non-hydrogen) atoms. The Kier molecular flexibility index (Phi) is 9.06. The monoisotopic (exact) mass is 272 g/mol. The maximum absolute atomic E-state index is 11.5. The second-order valence-corrected chi connectivity index (χ2v) is 3.71. The SMILES string of the molecule is CCOc1ccc(CC(=O)NCCNC)cc1.Cl. The predicted octanol–water partition coefficient (Wildman–Crippen LogP) is 1.39. The van der Waals surface area contributed by atoms with E-state index in [2.05, 4.69) is 10.6 Å². The van der Waals surface area contributed by atoms with Crippen LogP contribution < -0.4 is 15.4 Å². The Morgan fingerprint density at radius 1 is 1.22 bits per heavy atom. The van der Waals surface area contributed by atoms with Crippen LogP contribution in [0.1, 0.15) is 12.5 Å². The second kappa shape index (κ2) is 9.74. The summed E-state index contributed by atoms with van der Waals surface area (Å²) in [6.45, 7) is 4.05. The minimum absolute atomic E-state index is 0. The molecule has 0 spiro atoms. The van der Waals surface area contributed by atoms with Crippen LogP contribution in [0.2, 0.25) is 0 Å². The fraction of sp³-hybridized carbons (Fsp3) is 0.462. The lowest BCUT2D eigenvalue weighted by Crippen LogP contribution is -2.31. The molecule has 0 aliphatic heterocycles. The number of ether oxygens (including phenoxy) is 1. The standard InChI is InChI=1S/C13H20N2O2.ClH/c1-3-17-12-6-4-11(5-7-12)10-13(16)15-9-8-14-2;/h4-7,14H,3,8-10H2,1-2H3,(H,15,16);1H. The maximum Gasteiger partial charge on any atom is 0.224 e. The Hall–Kier alpha value is -1.26. The molecule has 0 radical (unpaired) electrons. The van der Waals surface area contributed by atoms with Crippen molar-refractivity contribution in [3.05, 3.63) is 29.8 Å².